The molecule has 0 atom stereocenters. The zero-order valence-electron chi connectivity index (χ0n) is 12.5. The molecule has 0 radical (unpaired) electrons. The van der Waals surface area contributed by atoms with Crippen molar-refractivity contribution in [3.63, 3.8) is 0 Å². The van der Waals surface area contributed by atoms with Gasteiger partial charge in [-0.3, -0.25) is 9.59 Å². The summed E-state index contributed by atoms with van der Waals surface area (Å²) in [5.41, 5.74) is 6.74. The highest BCUT2D eigenvalue weighted by molar-refractivity contribution is 8.00. The largest absolute Gasteiger partial charge is 0.369 e. The van der Waals surface area contributed by atoms with Crippen molar-refractivity contribution in [1.29, 1.82) is 0 Å². The normalized spacial score (nSPS) is 10.7. The van der Waals surface area contributed by atoms with E-state index in [2.05, 4.69) is 10.3 Å². The van der Waals surface area contributed by atoms with Crippen LogP contribution in [0.2, 0.25) is 0 Å². The summed E-state index contributed by atoms with van der Waals surface area (Å²) in [4.78, 5) is 27.1. The summed E-state index contributed by atoms with van der Waals surface area (Å²) in [6, 6.07) is 13.0. The molecule has 2 aromatic carbocycles. The molecule has 0 spiro atoms. The second-order valence-corrected chi connectivity index (χ2v) is 6.14. The van der Waals surface area contributed by atoms with Crippen molar-refractivity contribution in [2.75, 3.05) is 11.1 Å². The molecule has 24 heavy (non-hydrogen) atoms. The molecule has 3 rings (SSSR count). The summed E-state index contributed by atoms with van der Waals surface area (Å²) in [6.45, 7) is 0. The fourth-order valence-electron chi connectivity index (χ4n) is 2.26. The third kappa shape index (κ3) is 3.57. The molecule has 2 amide bonds. The van der Waals surface area contributed by atoms with Crippen LogP contribution in [-0.4, -0.2) is 22.6 Å². The van der Waals surface area contributed by atoms with Crippen LogP contribution in [0.5, 0.6) is 0 Å². The van der Waals surface area contributed by atoms with Gasteiger partial charge in [-0.25, -0.2) is 4.39 Å². The summed E-state index contributed by atoms with van der Waals surface area (Å²) < 4.78 is 13.2. The minimum Gasteiger partial charge on any atom is -0.369 e. The fourth-order valence-corrected chi connectivity index (χ4v) is 3.01. The summed E-state index contributed by atoms with van der Waals surface area (Å²) >= 11 is 1.25. The molecular weight excluding hydrogens is 329 g/mol. The van der Waals surface area contributed by atoms with Gasteiger partial charge in [0.25, 0.3) is 5.91 Å². The Morgan fingerprint density at radius 1 is 1.17 bits per heavy atom. The van der Waals surface area contributed by atoms with Gasteiger partial charge in [-0.1, -0.05) is 12.1 Å². The van der Waals surface area contributed by atoms with Crippen LogP contribution in [0.15, 0.2) is 53.4 Å². The number of carbonyl (C=O) groups excluding carboxylic acids is 2. The number of anilines is 1. The second-order valence-electron chi connectivity index (χ2n) is 5.12. The number of nitrogens with one attached hydrogen (secondary N) is 2. The maximum atomic E-state index is 13.2. The number of thioether (sulfide) groups is 1. The average molecular weight is 343 g/mol. The lowest BCUT2D eigenvalue weighted by Gasteiger charge is -2.09. The van der Waals surface area contributed by atoms with E-state index >= 15 is 0 Å². The number of halogens is 1. The first-order valence-corrected chi connectivity index (χ1v) is 8.11. The molecule has 5 nitrogen and oxygen atoms in total. The number of rotatable bonds is 5. The Kier molecular flexibility index (Phi) is 4.52. The number of para-hydroxylation sites is 1. The predicted molar refractivity (Wildman–Crippen MR) is 92.6 cm³/mol. The van der Waals surface area contributed by atoms with Crippen molar-refractivity contribution >= 4 is 40.2 Å². The molecule has 0 saturated carbocycles. The molecule has 122 valence electrons. The van der Waals surface area contributed by atoms with Crippen molar-refractivity contribution in [1.82, 2.24) is 4.98 Å². The number of aromatic nitrogens is 1. The molecule has 4 N–H and O–H groups in total. The number of benzene rings is 2. The smallest absolute Gasteiger partial charge is 0.272 e. The van der Waals surface area contributed by atoms with E-state index in [4.69, 9.17) is 5.73 Å². The molecule has 3 aromatic rings. The molecule has 0 fully saturated rings. The van der Waals surface area contributed by atoms with Crippen LogP contribution < -0.4 is 11.1 Å². The maximum Gasteiger partial charge on any atom is 0.272 e. The topological polar surface area (TPSA) is 88.0 Å². The summed E-state index contributed by atoms with van der Waals surface area (Å²) in [5, 5.41) is 3.41. The van der Waals surface area contributed by atoms with Crippen molar-refractivity contribution in [2.24, 2.45) is 5.73 Å². The van der Waals surface area contributed by atoms with Crippen LogP contribution in [0, 0.1) is 5.82 Å². The Balaban J connectivity index is 1.82. The second kappa shape index (κ2) is 6.76. The summed E-state index contributed by atoms with van der Waals surface area (Å²) in [5.74, 6) is -1.02. The van der Waals surface area contributed by atoms with Gasteiger partial charge in [0, 0.05) is 15.8 Å². The number of amides is 2. The third-order valence-electron chi connectivity index (χ3n) is 3.33. The van der Waals surface area contributed by atoms with Gasteiger partial charge in [0.15, 0.2) is 0 Å². The fraction of sp³-hybridized carbons (Fsp3) is 0.0588. The minimum absolute atomic E-state index is 0.124. The van der Waals surface area contributed by atoms with Gasteiger partial charge in [-0.05, 0) is 36.4 Å². The molecular formula is C17H14FN3O2S. The molecule has 0 aliphatic carbocycles. The highest BCUT2D eigenvalue weighted by atomic mass is 32.2. The Morgan fingerprint density at radius 2 is 1.96 bits per heavy atom. The molecule has 1 heterocycles. The van der Waals surface area contributed by atoms with Crippen LogP contribution in [0.25, 0.3) is 10.9 Å². The highest BCUT2D eigenvalue weighted by Crippen LogP contribution is 2.27. The maximum absolute atomic E-state index is 13.2. The number of nitrogens with two attached hydrogens (primary N) is 1. The molecule has 0 bridgehead atoms. The Hall–Kier alpha value is -2.80. The lowest BCUT2D eigenvalue weighted by molar-refractivity contribution is -0.115. The lowest BCUT2D eigenvalue weighted by atomic mass is 10.2. The van der Waals surface area contributed by atoms with E-state index in [9.17, 15) is 14.0 Å². The molecule has 1 aromatic heterocycles. The Labute approximate surface area is 141 Å². The van der Waals surface area contributed by atoms with Gasteiger partial charge in [-0.15, -0.1) is 11.8 Å². The molecule has 0 aliphatic rings. The zero-order chi connectivity index (χ0) is 17.1. The average Bonchev–Trinajstić information content (AvgIpc) is 2.97. The number of hydrogen-bond acceptors (Lipinski definition) is 3. The van der Waals surface area contributed by atoms with Gasteiger partial charge in [0.05, 0.1) is 11.4 Å². The predicted octanol–water partition coefficient (Wildman–Crippen LogP) is 3.14. The quantitative estimate of drug-likeness (QED) is 0.622. The van der Waals surface area contributed by atoms with E-state index in [0.717, 1.165) is 4.90 Å². The van der Waals surface area contributed by atoms with Gasteiger partial charge in [0.1, 0.15) is 11.5 Å². The number of H-pyrrole nitrogens is 1. The molecule has 0 unspecified atom stereocenters. The molecule has 0 saturated heterocycles. The van der Waals surface area contributed by atoms with E-state index in [1.54, 1.807) is 30.3 Å². The van der Waals surface area contributed by atoms with E-state index in [1.807, 2.05) is 6.07 Å². The summed E-state index contributed by atoms with van der Waals surface area (Å²) in [6.07, 6.45) is 0. The first-order valence-electron chi connectivity index (χ1n) is 7.12. The van der Waals surface area contributed by atoms with Gasteiger partial charge in [-0.2, -0.15) is 0 Å². The van der Waals surface area contributed by atoms with E-state index in [0.29, 0.717) is 22.3 Å². The van der Waals surface area contributed by atoms with Crippen LogP contribution >= 0.6 is 11.8 Å². The Morgan fingerprint density at radius 3 is 2.75 bits per heavy atom. The number of hydrogen-bond donors (Lipinski definition) is 3. The van der Waals surface area contributed by atoms with E-state index in [-0.39, 0.29) is 17.5 Å². The van der Waals surface area contributed by atoms with Crippen molar-refractivity contribution in [2.45, 2.75) is 4.90 Å². The Bertz CT molecular complexity index is 923. The van der Waals surface area contributed by atoms with Crippen molar-refractivity contribution < 1.29 is 14.0 Å². The minimum atomic E-state index is -0.432. The summed E-state index contributed by atoms with van der Waals surface area (Å²) in [7, 11) is 0. The van der Waals surface area contributed by atoms with Crippen molar-refractivity contribution in [3.05, 3.63) is 60.0 Å². The molecule has 0 aliphatic heterocycles. The SMILES string of the molecule is NC(=O)CSc1ccccc1NC(=O)c1cc2cc(F)ccc2[nH]1. The van der Waals surface area contributed by atoms with Crippen LogP contribution in [0.1, 0.15) is 10.5 Å². The van der Waals surface area contributed by atoms with Crippen LogP contribution in [0.4, 0.5) is 10.1 Å². The van der Waals surface area contributed by atoms with E-state index in [1.165, 1.54) is 23.9 Å². The first-order chi connectivity index (χ1) is 11.5. The zero-order valence-corrected chi connectivity index (χ0v) is 13.3. The standard InChI is InChI=1S/C17H14FN3O2S/c18-11-5-6-12-10(7-11)8-14(20-12)17(23)21-13-3-1-2-4-15(13)24-9-16(19)22/h1-8,20H,9H2,(H2,19,22)(H,21,23). The third-order valence-corrected chi connectivity index (χ3v) is 4.43. The first kappa shape index (κ1) is 16.1. The monoisotopic (exact) mass is 343 g/mol. The van der Waals surface area contributed by atoms with Gasteiger partial charge >= 0.3 is 0 Å². The van der Waals surface area contributed by atoms with Gasteiger partial charge in [0.2, 0.25) is 5.91 Å². The number of fused-ring (bicyclic) bond motifs is 1. The highest BCUT2D eigenvalue weighted by Gasteiger charge is 2.12. The lowest BCUT2D eigenvalue weighted by Crippen LogP contribution is -2.15. The van der Waals surface area contributed by atoms with Crippen molar-refractivity contribution in [3.8, 4) is 0 Å². The molecule has 7 heteroatoms. The van der Waals surface area contributed by atoms with E-state index < -0.39 is 5.91 Å². The number of carbonyl (C=O) groups is 2. The van der Waals surface area contributed by atoms with Gasteiger partial charge < -0.3 is 16.0 Å². The van der Waals surface area contributed by atoms with Crippen LogP contribution in [-0.2, 0) is 4.79 Å². The number of aromatic amines is 1. The van der Waals surface area contributed by atoms with Crippen LogP contribution in [0.3, 0.4) is 0 Å². The number of primary amides is 1.